The van der Waals surface area contributed by atoms with Crippen LogP contribution in [-0.2, 0) is 0 Å². The van der Waals surface area contributed by atoms with Crippen LogP contribution in [0, 0.1) is 0 Å². The van der Waals surface area contributed by atoms with Crippen LogP contribution in [0.15, 0.2) is 218 Å². The monoisotopic (exact) mass is 715 g/mol. The van der Waals surface area contributed by atoms with E-state index in [4.69, 9.17) is 0 Å². The van der Waals surface area contributed by atoms with Crippen LogP contribution in [0.2, 0.25) is 0 Å². The molecule has 0 unspecified atom stereocenters. The third-order valence-corrected chi connectivity index (χ3v) is 10.7. The first kappa shape index (κ1) is 34.5. The van der Waals surface area contributed by atoms with Crippen molar-refractivity contribution in [1.82, 2.24) is 0 Å². The molecule has 0 N–H and O–H groups in total. The second-order valence-corrected chi connectivity index (χ2v) is 14.2. The number of fused-ring (bicyclic) bond motifs is 6. The van der Waals surface area contributed by atoms with Crippen molar-refractivity contribution >= 4 is 45.4 Å². The van der Waals surface area contributed by atoms with Crippen LogP contribution in [0.3, 0.4) is 0 Å². The Morgan fingerprint density at radius 3 is 1.05 bits per heavy atom. The fourth-order valence-electron chi connectivity index (χ4n) is 7.85. The van der Waals surface area contributed by atoms with Gasteiger partial charge in [0.05, 0.1) is 0 Å². The molecule has 0 aliphatic carbocycles. The Bertz CT molecular complexity index is 2500. The number of allylic oxidation sites excluding steroid dienone is 4. The highest BCUT2D eigenvalue weighted by Crippen LogP contribution is 2.49. The molecule has 8 aromatic carbocycles. The number of nitrogens with zero attached hydrogens (tertiary/aromatic N) is 1. The third-order valence-electron chi connectivity index (χ3n) is 10.7. The summed E-state index contributed by atoms with van der Waals surface area (Å²) in [6.45, 7) is 0. The van der Waals surface area contributed by atoms with Crippen molar-refractivity contribution in [3.05, 3.63) is 252 Å². The molecule has 0 saturated carbocycles. The molecule has 0 radical (unpaired) electrons. The summed E-state index contributed by atoms with van der Waals surface area (Å²) in [5, 5.41) is 2.47. The van der Waals surface area contributed by atoms with E-state index in [9.17, 15) is 0 Å². The van der Waals surface area contributed by atoms with Gasteiger partial charge in [-0.3, -0.25) is 0 Å². The molecule has 1 aliphatic heterocycles. The van der Waals surface area contributed by atoms with Crippen molar-refractivity contribution in [3.8, 4) is 22.3 Å². The molecule has 1 heterocycles. The SMILES string of the molecule is CN1c2ccc(C=CC=C(c3ccccc3)c3ccccc3)cc2-c2cc3ccccc3cc2-c2cc(C=CC=C(c3ccccc3)c3ccccc3)ccc21. The van der Waals surface area contributed by atoms with Gasteiger partial charge in [0.1, 0.15) is 0 Å². The Kier molecular flexibility index (Phi) is 9.64. The maximum atomic E-state index is 2.37. The maximum absolute atomic E-state index is 2.37. The summed E-state index contributed by atoms with van der Waals surface area (Å²) < 4.78 is 0. The third kappa shape index (κ3) is 7.07. The minimum Gasteiger partial charge on any atom is -0.344 e. The Hall–Kier alpha value is -7.22. The summed E-state index contributed by atoms with van der Waals surface area (Å²) in [4.78, 5) is 2.35. The lowest BCUT2D eigenvalue weighted by molar-refractivity contribution is 1.22. The van der Waals surface area contributed by atoms with Gasteiger partial charge in [0.15, 0.2) is 0 Å². The molecular weight excluding hydrogens is 675 g/mol. The van der Waals surface area contributed by atoms with Gasteiger partial charge >= 0.3 is 0 Å². The first-order valence-corrected chi connectivity index (χ1v) is 19.2. The van der Waals surface area contributed by atoms with Crippen molar-refractivity contribution in [3.63, 3.8) is 0 Å². The maximum Gasteiger partial charge on any atom is 0.0488 e. The highest BCUT2D eigenvalue weighted by molar-refractivity contribution is 6.05. The molecule has 0 bridgehead atoms. The Balaban J connectivity index is 1.12. The standard InChI is InChI=1S/C55H41N/c1-56-54-34-32-40(18-16-30-48(42-20-6-2-7-21-42)43-22-8-3-9-23-43)36-52(54)50-38-46-28-14-15-29-47(46)39-51(50)53-37-41(33-35-55(53)56)19-17-31-49(44-24-10-4-11-25-44)45-26-12-5-13-27-45/h2-39H,1H3. The molecule has 8 aromatic rings. The number of hydrogen-bond acceptors (Lipinski definition) is 1. The van der Waals surface area contributed by atoms with Crippen LogP contribution in [0.4, 0.5) is 11.4 Å². The van der Waals surface area contributed by atoms with Gasteiger partial charge in [-0.25, -0.2) is 0 Å². The first-order valence-electron chi connectivity index (χ1n) is 19.2. The first-order chi connectivity index (χ1) is 27.7. The summed E-state index contributed by atoms with van der Waals surface area (Å²) in [5.74, 6) is 0. The van der Waals surface area contributed by atoms with Gasteiger partial charge in [0, 0.05) is 29.5 Å². The van der Waals surface area contributed by atoms with Crippen molar-refractivity contribution in [2.75, 3.05) is 11.9 Å². The fraction of sp³-hybridized carbons (Fsp3) is 0.0182. The predicted molar refractivity (Wildman–Crippen MR) is 241 cm³/mol. The molecule has 1 nitrogen and oxygen atoms in total. The highest BCUT2D eigenvalue weighted by atomic mass is 15.1. The van der Waals surface area contributed by atoms with Gasteiger partial charge in [-0.1, -0.05) is 194 Å². The molecule has 0 saturated heterocycles. The molecule has 0 fully saturated rings. The van der Waals surface area contributed by atoms with Crippen LogP contribution >= 0.6 is 0 Å². The molecule has 1 heteroatoms. The Morgan fingerprint density at radius 1 is 0.357 bits per heavy atom. The molecule has 1 aliphatic rings. The molecule has 9 rings (SSSR count). The molecule has 0 atom stereocenters. The Labute approximate surface area is 330 Å². The minimum absolute atomic E-state index is 1.15. The average molecular weight is 716 g/mol. The summed E-state index contributed by atoms with van der Waals surface area (Å²) in [7, 11) is 2.19. The van der Waals surface area contributed by atoms with Gasteiger partial charge in [0.2, 0.25) is 0 Å². The van der Waals surface area contributed by atoms with E-state index in [2.05, 4.69) is 243 Å². The van der Waals surface area contributed by atoms with Gasteiger partial charge in [-0.2, -0.15) is 0 Å². The lowest BCUT2D eigenvalue weighted by Crippen LogP contribution is -2.10. The summed E-state index contributed by atoms with van der Waals surface area (Å²) >= 11 is 0. The van der Waals surface area contributed by atoms with E-state index in [0.29, 0.717) is 0 Å². The van der Waals surface area contributed by atoms with Crippen molar-refractivity contribution in [2.45, 2.75) is 0 Å². The quantitative estimate of drug-likeness (QED) is 0.142. The van der Waals surface area contributed by atoms with E-state index in [1.165, 1.54) is 77.8 Å². The lowest BCUT2D eigenvalue weighted by Gasteiger charge is -2.22. The van der Waals surface area contributed by atoms with Gasteiger partial charge in [-0.05, 0) is 103 Å². The summed E-state index contributed by atoms with van der Waals surface area (Å²) in [6, 6.07) is 69.6. The van der Waals surface area contributed by atoms with Crippen LogP contribution in [0.5, 0.6) is 0 Å². The van der Waals surface area contributed by atoms with Crippen LogP contribution in [0.1, 0.15) is 33.4 Å². The predicted octanol–water partition coefficient (Wildman–Crippen LogP) is 14.5. The molecule has 266 valence electrons. The molecule has 0 spiro atoms. The van der Waals surface area contributed by atoms with Crippen LogP contribution < -0.4 is 4.90 Å². The van der Waals surface area contributed by atoms with Gasteiger partial charge in [0.25, 0.3) is 0 Å². The normalized spacial score (nSPS) is 11.8. The molecular formula is C55H41N. The average Bonchev–Trinajstić information content (AvgIpc) is 3.36. The van der Waals surface area contributed by atoms with E-state index >= 15 is 0 Å². The molecule has 0 amide bonds. The van der Waals surface area contributed by atoms with E-state index in [0.717, 1.165) is 11.1 Å². The zero-order valence-corrected chi connectivity index (χ0v) is 31.4. The van der Waals surface area contributed by atoms with E-state index in [1.54, 1.807) is 0 Å². The van der Waals surface area contributed by atoms with Crippen molar-refractivity contribution in [2.24, 2.45) is 0 Å². The van der Waals surface area contributed by atoms with Gasteiger partial charge < -0.3 is 4.90 Å². The molecule has 0 aromatic heterocycles. The second kappa shape index (κ2) is 15.6. The summed E-state index contributed by atoms with van der Waals surface area (Å²) in [5.41, 5.74) is 16.8. The van der Waals surface area contributed by atoms with E-state index in [1.807, 2.05) is 0 Å². The summed E-state index contributed by atoms with van der Waals surface area (Å²) in [6.07, 6.45) is 13.3. The number of benzene rings is 8. The lowest BCUT2D eigenvalue weighted by atomic mass is 9.90. The number of hydrogen-bond donors (Lipinski definition) is 0. The number of anilines is 2. The van der Waals surface area contributed by atoms with Crippen molar-refractivity contribution < 1.29 is 0 Å². The van der Waals surface area contributed by atoms with E-state index < -0.39 is 0 Å². The highest BCUT2D eigenvalue weighted by Gasteiger charge is 2.24. The van der Waals surface area contributed by atoms with E-state index in [-0.39, 0.29) is 0 Å². The number of rotatable bonds is 8. The zero-order chi connectivity index (χ0) is 37.7. The smallest absolute Gasteiger partial charge is 0.0488 e. The second-order valence-electron chi connectivity index (χ2n) is 14.2. The van der Waals surface area contributed by atoms with Crippen LogP contribution in [0.25, 0.3) is 56.3 Å². The molecule has 56 heavy (non-hydrogen) atoms. The van der Waals surface area contributed by atoms with Gasteiger partial charge in [-0.15, -0.1) is 0 Å². The topological polar surface area (TPSA) is 3.24 Å². The minimum atomic E-state index is 1.15. The zero-order valence-electron chi connectivity index (χ0n) is 31.4. The largest absolute Gasteiger partial charge is 0.344 e. The van der Waals surface area contributed by atoms with Crippen molar-refractivity contribution in [1.29, 1.82) is 0 Å². The van der Waals surface area contributed by atoms with Crippen LogP contribution in [-0.4, -0.2) is 7.05 Å². The fourth-order valence-corrected chi connectivity index (χ4v) is 7.85. The Morgan fingerprint density at radius 2 is 0.696 bits per heavy atom.